The molecular formula is C32H26F5N3O6S. The van der Waals surface area contributed by atoms with E-state index in [0.717, 1.165) is 33.1 Å². The molecule has 5 aromatic rings. The van der Waals surface area contributed by atoms with Crippen LogP contribution < -0.4 is 19.3 Å². The van der Waals surface area contributed by atoms with Gasteiger partial charge in [-0.15, -0.1) is 0 Å². The first-order chi connectivity index (χ1) is 22.3. The second-order valence-corrected chi connectivity index (χ2v) is 12.8. The van der Waals surface area contributed by atoms with Crippen molar-refractivity contribution in [1.82, 2.24) is 9.72 Å². The van der Waals surface area contributed by atoms with E-state index in [1.54, 1.807) is 24.3 Å². The van der Waals surface area contributed by atoms with Crippen LogP contribution in [0.2, 0.25) is 0 Å². The summed E-state index contributed by atoms with van der Waals surface area (Å²) < 4.78 is 116. The van der Waals surface area contributed by atoms with Gasteiger partial charge in [0.2, 0.25) is 0 Å². The molecule has 47 heavy (non-hydrogen) atoms. The standard InChI is InChI=1S/C32H26F5N3O6S/c1-44-21-5-3-18(4-6-21)17-39(29-11-12-46-38-29)47(42,43)28-9-8-25-22(31(28)34)7-10-30(41)40(25)26-16-24(33)23(15-27(26)45-2)19-13-20(14-19)32(35,36)37/h3-12,15-16,19-20H,13-14,17H2,1-2H3/t19-,20-. The van der Waals surface area contributed by atoms with Crippen LogP contribution in [0.4, 0.5) is 27.8 Å². The molecule has 0 N–H and O–H groups in total. The van der Waals surface area contributed by atoms with Crippen molar-refractivity contribution in [3.63, 3.8) is 0 Å². The van der Waals surface area contributed by atoms with E-state index in [0.29, 0.717) is 11.3 Å². The van der Waals surface area contributed by atoms with E-state index in [2.05, 4.69) is 5.16 Å². The third-order valence-corrected chi connectivity index (χ3v) is 10.1. The lowest BCUT2D eigenvalue weighted by Crippen LogP contribution is -2.34. The van der Waals surface area contributed by atoms with E-state index < -0.39 is 50.1 Å². The van der Waals surface area contributed by atoms with E-state index in [-0.39, 0.29) is 53.1 Å². The monoisotopic (exact) mass is 675 g/mol. The fourth-order valence-electron chi connectivity index (χ4n) is 5.70. The predicted octanol–water partition coefficient (Wildman–Crippen LogP) is 6.73. The van der Waals surface area contributed by atoms with Gasteiger partial charge in [-0.3, -0.25) is 9.36 Å². The second-order valence-electron chi connectivity index (χ2n) is 11.0. The van der Waals surface area contributed by atoms with Crippen molar-refractivity contribution in [2.45, 2.75) is 36.4 Å². The van der Waals surface area contributed by atoms with Gasteiger partial charge in [-0.1, -0.05) is 17.3 Å². The molecule has 0 bridgehead atoms. The Morgan fingerprint density at radius 2 is 1.70 bits per heavy atom. The Morgan fingerprint density at radius 3 is 2.32 bits per heavy atom. The largest absolute Gasteiger partial charge is 0.497 e. The van der Waals surface area contributed by atoms with Crippen molar-refractivity contribution in [1.29, 1.82) is 0 Å². The Kier molecular flexibility index (Phi) is 8.20. The zero-order valence-electron chi connectivity index (χ0n) is 24.8. The normalized spacial score (nSPS) is 16.6. The molecule has 0 amide bonds. The molecule has 1 saturated carbocycles. The van der Waals surface area contributed by atoms with Crippen molar-refractivity contribution in [2.24, 2.45) is 5.92 Å². The fourth-order valence-corrected chi connectivity index (χ4v) is 7.17. The Labute approximate surface area is 264 Å². The number of methoxy groups -OCH3 is 2. The highest BCUT2D eigenvalue weighted by Crippen LogP contribution is 2.51. The average molecular weight is 676 g/mol. The number of alkyl halides is 3. The summed E-state index contributed by atoms with van der Waals surface area (Å²) in [5, 5.41) is 3.46. The first-order valence-electron chi connectivity index (χ1n) is 14.2. The van der Waals surface area contributed by atoms with Crippen molar-refractivity contribution in [3.8, 4) is 17.2 Å². The van der Waals surface area contributed by atoms with Crippen LogP contribution in [0.5, 0.6) is 11.5 Å². The Hall–Kier alpha value is -4.92. The van der Waals surface area contributed by atoms with Crippen molar-refractivity contribution in [2.75, 3.05) is 18.5 Å². The summed E-state index contributed by atoms with van der Waals surface area (Å²) in [6.07, 6.45) is -3.79. The number of pyridine rings is 1. The van der Waals surface area contributed by atoms with Crippen LogP contribution in [-0.2, 0) is 16.6 Å². The topological polar surface area (TPSA) is 104 Å². The highest BCUT2D eigenvalue weighted by Gasteiger charge is 2.48. The van der Waals surface area contributed by atoms with Gasteiger partial charge >= 0.3 is 6.18 Å². The second kappa shape index (κ2) is 12.0. The van der Waals surface area contributed by atoms with Crippen LogP contribution in [0.1, 0.15) is 29.9 Å². The van der Waals surface area contributed by atoms with E-state index in [4.69, 9.17) is 14.0 Å². The smallest absolute Gasteiger partial charge is 0.391 e. The summed E-state index contributed by atoms with van der Waals surface area (Å²) in [5.74, 6) is -3.91. The molecule has 9 nitrogen and oxygen atoms in total. The van der Waals surface area contributed by atoms with Crippen LogP contribution in [0.15, 0.2) is 87.2 Å². The number of rotatable bonds is 9. The molecular weight excluding hydrogens is 649 g/mol. The van der Waals surface area contributed by atoms with Gasteiger partial charge in [0.25, 0.3) is 15.6 Å². The summed E-state index contributed by atoms with van der Waals surface area (Å²) in [6.45, 7) is -0.247. The Balaban J connectivity index is 1.42. The van der Waals surface area contributed by atoms with Gasteiger partial charge in [0.05, 0.1) is 37.9 Å². The Bertz CT molecular complexity index is 2110. The molecule has 0 unspecified atom stereocenters. The van der Waals surface area contributed by atoms with Crippen molar-refractivity contribution >= 4 is 26.7 Å². The van der Waals surface area contributed by atoms with Crippen LogP contribution in [0, 0.1) is 17.6 Å². The minimum atomic E-state index is -4.64. The highest BCUT2D eigenvalue weighted by atomic mass is 32.2. The third kappa shape index (κ3) is 5.79. The molecule has 6 rings (SSSR count). The number of ether oxygens (including phenoxy) is 2. The maximum atomic E-state index is 16.3. The molecule has 2 aromatic heterocycles. The predicted molar refractivity (Wildman–Crippen MR) is 160 cm³/mol. The molecule has 15 heteroatoms. The number of sulfonamides is 1. The number of anilines is 1. The Morgan fingerprint density at radius 1 is 0.979 bits per heavy atom. The quantitative estimate of drug-likeness (QED) is 0.160. The molecule has 0 aliphatic heterocycles. The molecule has 3 aromatic carbocycles. The van der Waals surface area contributed by atoms with Crippen LogP contribution in [-0.4, -0.2) is 38.5 Å². The zero-order chi connectivity index (χ0) is 33.7. The summed E-state index contributed by atoms with van der Waals surface area (Å²) in [6, 6.07) is 14.3. The summed E-state index contributed by atoms with van der Waals surface area (Å²) in [7, 11) is -1.92. The minimum absolute atomic E-state index is 0.00348. The lowest BCUT2D eigenvalue weighted by Gasteiger charge is -2.37. The molecule has 0 saturated heterocycles. The molecule has 1 aliphatic carbocycles. The summed E-state index contributed by atoms with van der Waals surface area (Å²) in [4.78, 5) is 12.4. The van der Waals surface area contributed by atoms with Crippen molar-refractivity contribution < 1.29 is 44.4 Å². The average Bonchev–Trinajstić information content (AvgIpc) is 3.54. The van der Waals surface area contributed by atoms with E-state index in [1.807, 2.05) is 0 Å². The van der Waals surface area contributed by atoms with Gasteiger partial charge in [-0.25, -0.2) is 21.5 Å². The van der Waals surface area contributed by atoms with Gasteiger partial charge in [0.15, 0.2) is 11.6 Å². The number of halogens is 5. The van der Waals surface area contributed by atoms with Gasteiger partial charge < -0.3 is 14.0 Å². The molecule has 1 fully saturated rings. The summed E-state index contributed by atoms with van der Waals surface area (Å²) in [5.41, 5.74) is -0.440. The number of hydrogen-bond acceptors (Lipinski definition) is 7. The van der Waals surface area contributed by atoms with Gasteiger partial charge in [-0.2, -0.15) is 13.2 Å². The number of aromatic nitrogens is 2. The van der Waals surface area contributed by atoms with Gasteiger partial charge in [0, 0.05) is 23.6 Å². The van der Waals surface area contributed by atoms with Crippen LogP contribution in [0.25, 0.3) is 16.6 Å². The maximum absolute atomic E-state index is 16.3. The molecule has 0 atom stereocenters. The van der Waals surface area contributed by atoms with Crippen LogP contribution >= 0.6 is 0 Å². The first-order valence-corrected chi connectivity index (χ1v) is 15.6. The number of nitrogens with zero attached hydrogens (tertiary/aromatic N) is 3. The number of hydrogen-bond donors (Lipinski definition) is 0. The molecule has 0 spiro atoms. The van der Waals surface area contributed by atoms with Crippen molar-refractivity contribution in [3.05, 3.63) is 106 Å². The van der Waals surface area contributed by atoms with Gasteiger partial charge in [0.1, 0.15) is 28.5 Å². The minimum Gasteiger partial charge on any atom is -0.497 e. The van der Waals surface area contributed by atoms with Gasteiger partial charge in [-0.05, 0) is 66.3 Å². The number of fused-ring (bicyclic) bond motifs is 1. The molecule has 246 valence electrons. The lowest BCUT2D eigenvalue weighted by atomic mass is 9.71. The maximum Gasteiger partial charge on any atom is 0.391 e. The molecule has 2 heterocycles. The zero-order valence-corrected chi connectivity index (χ0v) is 25.6. The third-order valence-electron chi connectivity index (χ3n) is 8.29. The number of benzene rings is 3. The SMILES string of the molecule is COc1ccc(CN(c2ccon2)S(=O)(=O)c2ccc3c(ccc(=O)n3-c3cc(F)c([C@H]4C[C@H](C(F)(F)F)C4)cc3OC)c2F)cc1. The van der Waals surface area contributed by atoms with E-state index in [9.17, 15) is 26.4 Å². The summed E-state index contributed by atoms with van der Waals surface area (Å²) >= 11 is 0. The molecule has 0 radical (unpaired) electrons. The lowest BCUT2D eigenvalue weighted by molar-refractivity contribution is -0.197. The van der Waals surface area contributed by atoms with E-state index >= 15 is 8.78 Å². The fraction of sp³-hybridized carbons (Fsp3) is 0.250. The first kappa shape index (κ1) is 32.0. The van der Waals surface area contributed by atoms with E-state index in [1.165, 1.54) is 38.7 Å². The molecule has 1 aliphatic rings. The van der Waals surface area contributed by atoms with Crippen LogP contribution in [0.3, 0.4) is 0 Å². The highest BCUT2D eigenvalue weighted by molar-refractivity contribution is 7.92.